The predicted molar refractivity (Wildman–Crippen MR) is 97.7 cm³/mol. The molecule has 0 saturated heterocycles. The third-order valence-electron chi connectivity index (χ3n) is 3.28. The average molecular weight is 397 g/mol. The Morgan fingerprint density at radius 3 is 2.60 bits per heavy atom. The number of nitrogens with zero attached hydrogens (tertiary/aromatic N) is 1. The maximum Gasteiger partial charge on any atom is 0.0351 e. The lowest BCUT2D eigenvalue weighted by Gasteiger charge is -2.35. The Balaban J connectivity index is 0.00000200. The van der Waals surface area contributed by atoms with Gasteiger partial charge in [0.1, 0.15) is 0 Å². The SMILES string of the molecule is CC(C)(C)N(CCCl)Cc1csc2ccc(Br)cc12.Cl. The first-order chi connectivity index (χ1) is 8.91. The van der Waals surface area contributed by atoms with E-state index in [1.54, 1.807) is 0 Å². The van der Waals surface area contributed by atoms with Gasteiger partial charge < -0.3 is 0 Å². The number of hydrogen-bond donors (Lipinski definition) is 0. The molecule has 0 fully saturated rings. The summed E-state index contributed by atoms with van der Waals surface area (Å²) >= 11 is 11.3. The molecule has 0 atom stereocenters. The summed E-state index contributed by atoms with van der Waals surface area (Å²) in [5.41, 5.74) is 1.52. The van der Waals surface area contributed by atoms with Crippen molar-refractivity contribution in [3.8, 4) is 0 Å². The van der Waals surface area contributed by atoms with E-state index in [0.717, 1.165) is 17.6 Å². The van der Waals surface area contributed by atoms with Gasteiger partial charge in [-0.25, -0.2) is 0 Å². The molecule has 0 amide bonds. The minimum atomic E-state index is 0. The molecule has 1 aromatic heterocycles. The Morgan fingerprint density at radius 1 is 1.30 bits per heavy atom. The first kappa shape index (κ1) is 18.2. The number of fused-ring (bicyclic) bond motifs is 1. The summed E-state index contributed by atoms with van der Waals surface area (Å²) < 4.78 is 2.48. The van der Waals surface area contributed by atoms with Crippen LogP contribution in [0.4, 0.5) is 0 Å². The highest BCUT2D eigenvalue weighted by Gasteiger charge is 2.21. The number of halogens is 3. The molecule has 1 nitrogen and oxygen atoms in total. The molecule has 0 saturated carbocycles. The number of hydrogen-bond acceptors (Lipinski definition) is 2. The Labute approximate surface area is 144 Å². The Bertz CT molecular complexity index is 562. The van der Waals surface area contributed by atoms with Gasteiger partial charge in [0.25, 0.3) is 0 Å². The van der Waals surface area contributed by atoms with Crippen molar-refractivity contribution in [2.24, 2.45) is 0 Å². The van der Waals surface area contributed by atoms with Crippen molar-refractivity contribution in [2.45, 2.75) is 32.9 Å². The van der Waals surface area contributed by atoms with E-state index < -0.39 is 0 Å². The molecule has 20 heavy (non-hydrogen) atoms. The standard InChI is InChI=1S/C15H19BrClNS.ClH/c1-15(2,3)18(7-6-17)9-11-10-19-14-5-4-12(16)8-13(11)14;/h4-5,8,10H,6-7,9H2,1-3H3;1H. The second-order valence-electron chi connectivity index (χ2n) is 5.68. The van der Waals surface area contributed by atoms with Crippen molar-refractivity contribution in [2.75, 3.05) is 12.4 Å². The van der Waals surface area contributed by atoms with Gasteiger partial charge in [-0.1, -0.05) is 15.9 Å². The van der Waals surface area contributed by atoms with Gasteiger partial charge in [0.2, 0.25) is 0 Å². The van der Waals surface area contributed by atoms with Gasteiger partial charge >= 0.3 is 0 Å². The first-order valence-electron chi connectivity index (χ1n) is 6.38. The van der Waals surface area contributed by atoms with Crippen molar-refractivity contribution in [3.63, 3.8) is 0 Å². The monoisotopic (exact) mass is 395 g/mol. The van der Waals surface area contributed by atoms with Crippen LogP contribution in [0.2, 0.25) is 0 Å². The van der Waals surface area contributed by atoms with Crippen LogP contribution >= 0.6 is 51.3 Å². The van der Waals surface area contributed by atoms with Crippen LogP contribution < -0.4 is 0 Å². The summed E-state index contributed by atoms with van der Waals surface area (Å²) in [7, 11) is 0. The maximum absolute atomic E-state index is 5.94. The van der Waals surface area contributed by atoms with Gasteiger partial charge in [0.15, 0.2) is 0 Å². The molecule has 2 rings (SSSR count). The lowest BCUT2D eigenvalue weighted by molar-refractivity contribution is 0.138. The normalized spacial score (nSPS) is 11.9. The van der Waals surface area contributed by atoms with Crippen molar-refractivity contribution < 1.29 is 0 Å². The molecular weight excluding hydrogens is 377 g/mol. The van der Waals surface area contributed by atoms with E-state index in [0.29, 0.717) is 5.88 Å². The number of benzene rings is 1. The van der Waals surface area contributed by atoms with E-state index in [2.05, 4.69) is 65.2 Å². The molecular formula is C15H20BrCl2NS. The summed E-state index contributed by atoms with van der Waals surface area (Å²) in [5, 5.41) is 3.62. The molecule has 112 valence electrons. The van der Waals surface area contributed by atoms with Gasteiger partial charge in [-0.2, -0.15) is 0 Å². The molecule has 1 heterocycles. The van der Waals surface area contributed by atoms with Crippen LogP contribution in [0.5, 0.6) is 0 Å². The van der Waals surface area contributed by atoms with Crippen LogP contribution in [0.15, 0.2) is 28.1 Å². The third kappa shape index (κ3) is 4.35. The van der Waals surface area contributed by atoms with Gasteiger partial charge in [0.05, 0.1) is 0 Å². The molecule has 0 aliphatic carbocycles. The first-order valence-corrected chi connectivity index (χ1v) is 8.59. The lowest BCUT2D eigenvalue weighted by atomic mass is 10.0. The average Bonchev–Trinajstić information content (AvgIpc) is 2.70. The maximum atomic E-state index is 5.94. The highest BCUT2D eigenvalue weighted by atomic mass is 79.9. The topological polar surface area (TPSA) is 3.24 Å². The fourth-order valence-corrected chi connectivity index (χ4v) is 3.64. The lowest BCUT2D eigenvalue weighted by Crippen LogP contribution is -2.41. The second kappa shape index (κ2) is 7.46. The molecule has 2 aromatic rings. The van der Waals surface area contributed by atoms with Gasteiger partial charge in [0, 0.05) is 33.7 Å². The number of thiophene rings is 1. The van der Waals surface area contributed by atoms with Crippen molar-refractivity contribution in [1.29, 1.82) is 0 Å². The predicted octanol–water partition coefficient (Wildman–Crippen LogP) is 5.92. The zero-order chi connectivity index (χ0) is 14.0. The Kier molecular flexibility index (Phi) is 6.81. The second-order valence-corrected chi connectivity index (χ2v) is 7.89. The van der Waals surface area contributed by atoms with E-state index in [1.807, 2.05) is 11.3 Å². The van der Waals surface area contributed by atoms with Crippen LogP contribution in [0.3, 0.4) is 0 Å². The molecule has 0 radical (unpaired) electrons. The Hall–Kier alpha value is 0.200. The smallest absolute Gasteiger partial charge is 0.0351 e. The van der Waals surface area contributed by atoms with Crippen LogP contribution in [-0.4, -0.2) is 22.9 Å². The summed E-state index contributed by atoms with van der Waals surface area (Å²) in [6.07, 6.45) is 0. The summed E-state index contributed by atoms with van der Waals surface area (Å²) in [6.45, 7) is 8.58. The largest absolute Gasteiger partial charge is 0.293 e. The molecule has 0 N–H and O–H groups in total. The summed E-state index contributed by atoms with van der Waals surface area (Å²) in [6, 6.07) is 6.49. The number of rotatable bonds is 4. The molecule has 0 unspecified atom stereocenters. The third-order valence-corrected chi connectivity index (χ3v) is 4.95. The van der Waals surface area contributed by atoms with E-state index in [-0.39, 0.29) is 17.9 Å². The molecule has 5 heteroatoms. The minimum absolute atomic E-state index is 0. The minimum Gasteiger partial charge on any atom is -0.293 e. The molecule has 1 aromatic carbocycles. The van der Waals surface area contributed by atoms with E-state index in [1.165, 1.54) is 15.6 Å². The van der Waals surface area contributed by atoms with Crippen LogP contribution in [0.25, 0.3) is 10.1 Å². The molecule has 0 spiro atoms. The fourth-order valence-electron chi connectivity index (χ4n) is 2.14. The Morgan fingerprint density at radius 2 is 2.00 bits per heavy atom. The fraction of sp³-hybridized carbons (Fsp3) is 0.467. The van der Waals surface area contributed by atoms with Gasteiger partial charge in [-0.15, -0.1) is 35.3 Å². The zero-order valence-corrected chi connectivity index (χ0v) is 15.9. The van der Waals surface area contributed by atoms with Crippen molar-refractivity contribution >= 4 is 61.4 Å². The van der Waals surface area contributed by atoms with Crippen molar-refractivity contribution in [1.82, 2.24) is 4.90 Å². The van der Waals surface area contributed by atoms with Gasteiger partial charge in [-0.05, 0) is 55.3 Å². The quantitative estimate of drug-likeness (QED) is 0.579. The highest BCUT2D eigenvalue weighted by Crippen LogP contribution is 2.30. The van der Waals surface area contributed by atoms with Crippen LogP contribution in [0, 0.1) is 0 Å². The molecule has 0 aliphatic heterocycles. The molecule has 0 bridgehead atoms. The summed E-state index contributed by atoms with van der Waals surface area (Å²) in [4.78, 5) is 2.43. The van der Waals surface area contributed by atoms with Gasteiger partial charge in [-0.3, -0.25) is 4.90 Å². The van der Waals surface area contributed by atoms with E-state index in [9.17, 15) is 0 Å². The van der Waals surface area contributed by atoms with Crippen molar-refractivity contribution in [3.05, 3.63) is 33.6 Å². The van der Waals surface area contributed by atoms with E-state index >= 15 is 0 Å². The van der Waals surface area contributed by atoms with Crippen LogP contribution in [0.1, 0.15) is 26.3 Å². The summed E-state index contributed by atoms with van der Waals surface area (Å²) in [5.74, 6) is 0.670. The van der Waals surface area contributed by atoms with E-state index in [4.69, 9.17) is 11.6 Å². The zero-order valence-electron chi connectivity index (χ0n) is 12.0. The highest BCUT2D eigenvalue weighted by molar-refractivity contribution is 9.10. The molecule has 0 aliphatic rings. The van der Waals surface area contributed by atoms with Crippen LogP contribution in [-0.2, 0) is 6.54 Å². The number of alkyl halides is 1.